The Hall–Kier alpha value is -3.32. The normalized spacial score (nSPS) is 17.6. The molecule has 0 bridgehead atoms. The molecule has 2 fully saturated rings. The number of alkyl halides is 6. The Kier molecular flexibility index (Phi) is 7.93. The number of hydrogen-bond acceptors (Lipinski definition) is 7. The Labute approximate surface area is 208 Å². The van der Waals surface area contributed by atoms with Crippen LogP contribution < -0.4 is 15.4 Å². The van der Waals surface area contributed by atoms with Gasteiger partial charge in [0.25, 0.3) is 0 Å². The number of rotatable bonds is 7. The Morgan fingerprint density at radius 1 is 0.973 bits per heavy atom. The molecule has 4 rings (SSSR count). The van der Waals surface area contributed by atoms with Crippen molar-refractivity contribution in [3.05, 3.63) is 29.8 Å². The highest BCUT2D eigenvalue weighted by molar-refractivity contribution is 5.79. The first-order chi connectivity index (χ1) is 17.5. The molecule has 8 nitrogen and oxygen atoms in total. The molecule has 1 saturated carbocycles. The average Bonchev–Trinajstić information content (AvgIpc) is 3.37. The number of likely N-dealkylation sites (tertiary alicyclic amines) is 1. The number of carbonyl (C=O) groups excluding carboxylic acids is 1. The zero-order valence-electron chi connectivity index (χ0n) is 19.7. The van der Waals surface area contributed by atoms with Gasteiger partial charge in [0.2, 0.25) is 17.8 Å². The number of benzene rings is 1. The van der Waals surface area contributed by atoms with Gasteiger partial charge in [-0.05, 0) is 43.9 Å². The second-order valence-electron chi connectivity index (χ2n) is 9.10. The number of carbonyl (C=O) groups is 1. The summed E-state index contributed by atoms with van der Waals surface area (Å²) in [5.74, 6) is -0.151. The molecule has 2 N–H and O–H groups in total. The SMILES string of the molecule is O=C(C1CCCC1)N1CCC(Nc2nc(Nc3cccc(C(F)(F)F)c3)nc(OCC(F)(F)F)n2)CC1. The Morgan fingerprint density at radius 3 is 2.30 bits per heavy atom. The monoisotopic (exact) mass is 532 g/mol. The number of halogens is 6. The molecule has 0 atom stereocenters. The molecule has 14 heteroatoms. The smallest absolute Gasteiger partial charge is 0.422 e. The molecule has 37 heavy (non-hydrogen) atoms. The first-order valence-corrected chi connectivity index (χ1v) is 11.9. The molecule has 2 aliphatic rings. The number of hydrogen-bond donors (Lipinski definition) is 2. The predicted molar refractivity (Wildman–Crippen MR) is 121 cm³/mol. The minimum absolute atomic E-state index is 0.0209. The van der Waals surface area contributed by atoms with Crippen molar-refractivity contribution >= 4 is 23.5 Å². The number of anilines is 3. The van der Waals surface area contributed by atoms with E-state index in [1.807, 2.05) is 4.90 Å². The molecule has 1 aliphatic carbocycles. The molecule has 1 aromatic carbocycles. The van der Waals surface area contributed by atoms with E-state index >= 15 is 0 Å². The van der Waals surface area contributed by atoms with Crippen molar-refractivity contribution in [3.8, 4) is 6.01 Å². The van der Waals surface area contributed by atoms with Crippen LogP contribution in [-0.4, -0.2) is 57.7 Å². The second-order valence-corrected chi connectivity index (χ2v) is 9.10. The van der Waals surface area contributed by atoms with E-state index in [9.17, 15) is 31.1 Å². The predicted octanol–water partition coefficient (Wildman–Crippen LogP) is 5.17. The lowest BCUT2D eigenvalue weighted by molar-refractivity contribution is -0.154. The van der Waals surface area contributed by atoms with Crippen LogP contribution in [-0.2, 0) is 11.0 Å². The molecule has 2 aromatic rings. The van der Waals surface area contributed by atoms with Crippen molar-refractivity contribution in [3.63, 3.8) is 0 Å². The van der Waals surface area contributed by atoms with Crippen molar-refractivity contribution in [1.82, 2.24) is 19.9 Å². The van der Waals surface area contributed by atoms with Gasteiger partial charge in [0, 0.05) is 30.7 Å². The first kappa shape index (κ1) is 26.7. The Balaban J connectivity index is 1.46. The van der Waals surface area contributed by atoms with Crippen molar-refractivity contribution in [2.75, 3.05) is 30.3 Å². The van der Waals surface area contributed by atoms with E-state index in [2.05, 4.69) is 30.3 Å². The van der Waals surface area contributed by atoms with E-state index in [-0.39, 0.29) is 35.5 Å². The van der Waals surface area contributed by atoms with Crippen LogP contribution in [0.4, 0.5) is 43.9 Å². The zero-order chi connectivity index (χ0) is 26.6. The standard InChI is InChI=1S/C23H26F6N6O2/c24-22(25,26)13-37-21-33-19(30-16-8-10-35(11-9-16)18(36)14-4-1-2-5-14)32-20(34-21)31-17-7-3-6-15(12-17)23(27,28)29/h3,6-7,12,14,16H,1-2,4-5,8-11,13H2,(H2,30,31,32,33,34). The minimum atomic E-state index is -4.65. The Morgan fingerprint density at radius 2 is 1.65 bits per heavy atom. The van der Waals surface area contributed by atoms with Gasteiger partial charge in [-0.2, -0.15) is 41.3 Å². The fraction of sp³-hybridized carbons (Fsp3) is 0.565. The summed E-state index contributed by atoms with van der Waals surface area (Å²) in [6.07, 6.45) is -4.16. The van der Waals surface area contributed by atoms with Gasteiger partial charge in [0.1, 0.15) is 0 Å². The number of piperidine rings is 1. The van der Waals surface area contributed by atoms with Gasteiger partial charge >= 0.3 is 18.4 Å². The summed E-state index contributed by atoms with van der Waals surface area (Å²) >= 11 is 0. The number of ether oxygens (including phenoxy) is 1. The highest BCUT2D eigenvalue weighted by Gasteiger charge is 2.32. The summed E-state index contributed by atoms with van der Waals surface area (Å²) < 4.78 is 81.8. The van der Waals surface area contributed by atoms with Crippen LogP contribution in [0.15, 0.2) is 24.3 Å². The van der Waals surface area contributed by atoms with E-state index in [0.29, 0.717) is 25.9 Å². The summed E-state index contributed by atoms with van der Waals surface area (Å²) in [5.41, 5.74) is -0.940. The highest BCUT2D eigenvalue weighted by atomic mass is 19.4. The molecular weight excluding hydrogens is 506 g/mol. The third-order valence-electron chi connectivity index (χ3n) is 6.27. The van der Waals surface area contributed by atoms with E-state index in [4.69, 9.17) is 0 Å². The van der Waals surface area contributed by atoms with Crippen LogP contribution in [0, 0.1) is 5.92 Å². The quantitative estimate of drug-likeness (QED) is 0.476. The maximum atomic E-state index is 13.0. The average molecular weight is 532 g/mol. The lowest BCUT2D eigenvalue weighted by atomic mass is 10.0. The molecule has 0 radical (unpaired) electrons. The lowest BCUT2D eigenvalue weighted by Gasteiger charge is -2.34. The van der Waals surface area contributed by atoms with Crippen molar-refractivity contribution < 1.29 is 35.9 Å². The Bertz CT molecular complexity index is 1080. The molecule has 0 unspecified atom stereocenters. The molecular formula is C23H26F6N6O2. The number of amides is 1. The van der Waals surface area contributed by atoms with Crippen molar-refractivity contribution in [1.29, 1.82) is 0 Å². The topological polar surface area (TPSA) is 92.3 Å². The van der Waals surface area contributed by atoms with Gasteiger partial charge in [-0.3, -0.25) is 4.79 Å². The largest absolute Gasteiger partial charge is 0.454 e. The van der Waals surface area contributed by atoms with Crippen LogP contribution in [0.1, 0.15) is 44.1 Å². The minimum Gasteiger partial charge on any atom is -0.454 e. The summed E-state index contributed by atoms with van der Waals surface area (Å²) in [4.78, 5) is 26.3. The van der Waals surface area contributed by atoms with Crippen molar-refractivity contribution in [2.45, 2.75) is 56.9 Å². The van der Waals surface area contributed by atoms with E-state index in [1.165, 1.54) is 12.1 Å². The first-order valence-electron chi connectivity index (χ1n) is 11.9. The van der Waals surface area contributed by atoms with E-state index in [1.54, 1.807) is 0 Å². The summed E-state index contributed by atoms with van der Waals surface area (Å²) in [6.45, 7) is -0.614. The molecule has 0 spiro atoms. The molecule has 1 aliphatic heterocycles. The van der Waals surface area contributed by atoms with Crippen molar-refractivity contribution in [2.24, 2.45) is 5.92 Å². The van der Waals surface area contributed by atoms with E-state index < -0.39 is 30.5 Å². The third kappa shape index (κ3) is 7.59. The molecule has 2 heterocycles. The fourth-order valence-electron chi connectivity index (χ4n) is 4.45. The highest BCUT2D eigenvalue weighted by Crippen LogP contribution is 2.32. The maximum absolute atomic E-state index is 13.0. The summed E-state index contributed by atoms with van der Waals surface area (Å²) in [5, 5.41) is 5.60. The van der Waals surface area contributed by atoms with Gasteiger partial charge in [-0.25, -0.2) is 0 Å². The number of nitrogens with zero attached hydrogens (tertiary/aromatic N) is 4. The summed E-state index contributed by atoms with van der Waals surface area (Å²) in [7, 11) is 0. The molecule has 1 amide bonds. The van der Waals surface area contributed by atoms with Gasteiger partial charge in [0.15, 0.2) is 6.61 Å². The van der Waals surface area contributed by atoms with Gasteiger partial charge in [-0.1, -0.05) is 18.9 Å². The van der Waals surface area contributed by atoms with Crippen LogP contribution in [0.5, 0.6) is 6.01 Å². The van der Waals surface area contributed by atoms with E-state index in [0.717, 1.165) is 37.8 Å². The van der Waals surface area contributed by atoms with Gasteiger partial charge in [-0.15, -0.1) is 0 Å². The van der Waals surface area contributed by atoms with Crippen LogP contribution in [0.3, 0.4) is 0 Å². The number of nitrogens with one attached hydrogen (secondary N) is 2. The van der Waals surface area contributed by atoms with Gasteiger partial charge < -0.3 is 20.3 Å². The van der Waals surface area contributed by atoms with Crippen LogP contribution in [0.2, 0.25) is 0 Å². The zero-order valence-corrected chi connectivity index (χ0v) is 19.7. The number of aromatic nitrogens is 3. The van der Waals surface area contributed by atoms with Crippen LogP contribution in [0.25, 0.3) is 0 Å². The molecule has 202 valence electrons. The summed E-state index contributed by atoms with van der Waals surface area (Å²) in [6, 6.07) is 3.40. The molecule has 1 aromatic heterocycles. The maximum Gasteiger partial charge on any atom is 0.422 e. The van der Waals surface area contributed by atoms with Gasteiger partial charge in [0.05, 0.1) is 5.56 Å². The van der Waals surface area contributed by atoms with Crippen LogP contribution >= 0.6 is 0 Å². The lowest BCUT2D eigenvalue weighted by Crippen LogP contribution is -2.44. The fourth-order valence-corrected chi connectivity index (χ4v) is 4.45. The third-order valence-corrected chi connectivity index (χ3v) is 6.27. The molecule has 1 saturated heterocycles. The second kappa shape index (κ2) is 11.0.